The highest BCUT2D eigenvalue weighted by atomic mass is 16.5. The smallest absolute Gasteiger partial charge is 0.258 e. The van der Waals surface area contributed by atoms with E-state index in [1.807, 2.05) is 90.1 Å². The van der Waals surface area contributed by atoms with Crippen molar-refractivity contribution in [3.05, 3.63) is 65.2 Å². The van der Waals surface area contributed by atoms with Crippen molar-refractivity contribution < 1.29 is 24.2 Å². The van der Waals surface area contributed by atoms with E-state index in [9.17, 15) is 19.5 Å². The van der Waals surface area contributed by atoms with Crippen LogP contribution in [0.3, 0.4) is 0 Å². The molecule has 0 bridgehead atoms. The number of nitrogens with one attached hydrogen (secondary N) is 3. The largest absolute Gasteiger partial charge is 0.483 e. The fraction of sp³-hybridized carbons (Fsp3) is 0.531. The first-order valence-electron chi connectivity index (χ1n) is 14.1. The minimum atomic E-state index is -0.938. The molecule has 40 heavy (non-hydrogen) atoms. The summed E-state index contributed by atoms with van der Waals surface area (Å²) in [6.45, 7) is 12.9. The minimum absolute atomic E-state index is 0.101. The molecule has 8 nitrogen and oxygen atoms in total. The third-order valence-corrected chi connectivity index (χ3v) is 6.80. The Morgan fingerprint density at radius 3 is 2.02 bits per heavy atom. The molecule has 1 unspecified atom stereocenters. The Bertz CT molecular complexity index is 1080. The van der Waals surface area contributed by atoms with Crippen molar-refractivity contribution in [3.8, 4) is 5.75 Å². The number of benzene rings is 2. The molecule has 4 N–H and O–H groups in total. The van der Waals surface area contributed by atoms with Crippen molar-refractivity contribution in [2.45, 2.75) is 92.0 Å². The third-order valence-electron chi connectivity index (χ3n) is 6.80. The van der Waals surface area contributed by atoms with Crippen molar-refractivity contribution >= 4 is 17.7 Å². The Kier molecular flexibility index (Phi) is 13.1. The topological polar surface area (TPSA) is 117 Å². The van der Waals surface area contributed by atoms with Gasteiger partial charge in [0.05, 0.1) is 12.1 Å². The van der Waals surface area contributed by atoms with Crippen LogP contribution in [-0.4, -0.2) is 53.7 Å². The zero-order valence-corrected chi connectivity index (χ0v) is 25.0. The molecule has 220 valence electrons. The molecule has 0 spiro atoms. The quantitative estimate of drug-likeness (QED) is 0.267. The van der Waals surface area contributed by atoms with E-state index in [-0.39, 0.29) is 48.6 Å². The summed E-state index contributed by atoms with van der Waals surface area (Å²) in [6, 6.07) is 13.8. The molecule has 0 saturated carbocycles. The van der Waals surface area contributed by atoms with Gasteiger partial charge in [0.2, 0.25) is 11.8 Å². The molecule has 0 radical (unpaired) electrons. The van der Waals surface area contributed by atoms with Gasteiger partial charge in [-0.2, -0.15) is 0 Å². The first-order chi connectivity index (χ1) is 18.9. The van der Waals surface area contributed by atoms with Crippen LogP contribution in [-0.2, 0) is 20.8 Å². The summed E-state index contributed by atoms with van der Waals surface area (Å²) in [5.41, 5.74) is 2.86. The van der Waals surface area contributed by atoms with Crippen molar-refractivity contribution in [2.75, 3.05) is 6.61 Å². The SMILES string of the molecule is CC(=O)NC(C(=O)N[C@@H](CC(C)C)C[C@H](O)[C@H](Cc1ccccc1)NC(=O)COc1c(C)cccc1C)C(C)C. The second-order valence-corrected chi connectivity index (χ2v) is 11.4. The first kappa shape index (κ1) is 32.8. The molecular formula is C32H47N3O5. The van der Waals surface area contributed by atoms with Crippen molar-refractivity contribution in [3.63, 3.8) is 0 Å². The third kappa shape index (κ3) is 11.0. The van der Waals surface area contributed by atoms with Gasteiger partial charge < -0.3 is 25.8 Å². The van der Waals surface area contributed by atoms with Crippen LogP contribution in [0.15, 0.2) is 48.5 Å². The maximum atomic E-state index is 13.1. The number of rotatable bonds is 15. The van der Waals surface area contributed by atoms with Crippen LogP contribution in [0.5, 0.6) is 5.75 Å². The number of ether oxygens (including phenoxy) is 1. The van der Waals surface area contributed by atoms with Crippen LogP contribution in [0.25, 0.3) is 0 Å². The number of amides is 3. The monoisotopic (exact) mass is 553 g/mol. The second kappa shape index (κ2) is 16.0. The molecule has 2 aromatic carbocycles. The highest BCUT2D eigenvalue weighted by Gasteiger charge is 2.29. The molecule has 8 heteroatoms. The highest BCUT2D eigenvalue weighted by molar-refractivity contribution is 5.87. The van der Waals surface area contributed by atoms with Crippen LogP contribution in [0, 0.1) is 25.7 Å². The predicted molar refractivity (Wildman–Crippen MR) is 158 cm³/mol. The van der Waals surface area contributed by atoms with E-state index in [0.717, 1.165) is 16.7 Å². The number of hydrogen-bond donors (Lipinski definition) is 4. The van der Waals surface area contributed by atoms with Gasteiger partial charge in [0.25, 0.3) is 5.91 Å². The number of para-hydroxylation sites is 1. The van der Waals surface area contributed by atoms with E-state index < -0.39 is 18.2 Å². The molecular weight excluding hydrogens is 506 g/mol. The van der Waals surface area contributed by atoms with Crippen LogP contribution in [0.2, 0.25) is 0 Å². The van der Waals surface area contributed by atoms with E-state index in [1.54, 1.807) is 0 Å². The molecule has 0 saturated heterocycles. The Balaban J connectivity index is 2.18. The molecule has 0 aliphatic rings. The number of carbonyl (C=O) groups excluding carboxylic acids is 3. The van der Waals surface area contributed by atoms with Crippen molar-refractivity contribution in [2.24, 2.45) is 11.8 Å². The summed E-state index contributed by atoms with van der Waals surface area (Å²) in [5, 5.41) is 20.1. The summed E-state index contributed by atoms with van der Waals surface area (Å²) in [4.78, 5) is 37.8. The lowest BCUT2D eigenvalue weighted by molar-refractivity contribution is -0.130. The van der Waals surface area contributed by atoms with Gasteiger partial charge in [0.15, 0.2) is 6.61 Å². The Labute approximate surface area is 239 Å². The van der Waals surface area contributed by atoms with E-state index in [0.29, 0.717) is 18.6 Å². The molecule has 2 aromatic rings. The number of aryl methyl sites for hydroxylation is 2. The lowest BCUT2D eigenvalue weighted by Crippen LogP contribution is -2.54. The molecule has 0 heterocycles. The Morgan fingerprint density at radius 2 is 1.48 bits per heavy atom. The van der Waals surface area contributed by atoms with Gasteiger partial charge in [0, 0.05) is 13.0 Å². The van der Waals surface area contributed by atoms with Gasteiger partial charge in [-0.1, -0.05) is 76.2 Å². The molecule has 0 aliphatic carbocycles. The summed E-state index contributed by atoms with van der Waals surface area (Å²) < 4.78 is 5.84. The average Bonchev–Trinajstić information content (AvgIpc) is 2.86. The number of aliphatic hydroxyl groups excluding tert-OH is 1. The lowest BCUT2D eigenvalue weighted by atomic mass is 9.92. The van der Waals surface area contributed by atoms with Crippen molar-refractivity contribution in [1.29, 1.82) is 0 Å². The minimum Gasteiger partial charge on any atom is -0.483 e. The fourth-order valence-electron chi connectivity index (χ4n) is 4.85. The van der Waals surface area contributed by atoms with Crippen molar-refractivity contribution in [1.82, 2.24) is 16.0 Å². The molecule has 4 atom stereocenters. The first-order valence-corrected chi connectivity index (χ1v) is 14.1. The van der Waals surface area contributed by atoms with E-state index in [2.05, 4.69) is 16.0 Å². The van der Waals surface area contributed by atoms with Crippen LogP contribution in [0.4, 0.5) is 0 Å². The van der Waals surface area contributed by atoms with Gasteiger partial charge in [0.1, 0.15) is 11.8 Å². The standard InChI is InChI=1S/C32H47N3O5/c1-20(2)16-26(34-32(39)30(21(3)4)33-24(7)36)18-28(37)27(17-25-14-9-8-10-15-25)35-29(38)19-40-31-22(5)12-11-13-23(31)6/h8-15,20-21,26-28,30,37H,16-19H2,1-7H3,(H,33,36)(H,34,39)(H,35,38)/t26-,27-,28-,30?/m0/s1. The highest BCUT2D eigenvalue weighted by Crippen LogP contribution is 2.22. The maximum absolute atomic E-state index is 13.1. The number of aliphatic hydroxyl groups is 1. The van der Waals surface area contributed by atoms with Gasteiger partial charge in [-0.25, -0.2) is 0 Å². The summed E-state index contributed by atoms with van der Waals surface area (Å²) in [5.74, 6) is -0.0649. The Hall–Kier alpha value is -3.39. The molecule has 0 fully saturated rings. The molecule has 0 aliphatic heterocycles. The normalized spacial score (nSPS) is 14.2. The summed E-state index contributed by atoms with van der Waals surface area (Å²) in [6.07, 6.45) is 0.353. The maximum Gasteiger partial charge on any atom is 0.258 e. The Morgan fingerprint density at radius 1 is 0.850 bits per heavy atom. The summed E-state index contributed by atoms with van der Waals surface area (Å²) >= 11 is 0. The van der Waals surface area contributed by atoms with E-state index >= 15 is 0 Å². The molecule has 3 amide bonds. The summed E-state index contributed by atoms with van der Waals surface area (Å²) in [7, 11) is 0. The lowest BCUT2D eigenvalue weighted by Gasteiger charge is -2.31. The predicted octanol–water partition coefficient (Wildman–Crippen LogP) is 3.85. The molecule has 2 rings (SSSR count). The van der Waals surface area contributed by atoms with Crippen LogP contribution < -0.4 is 20.7 Å². The fourth-order valence-corrected chi connectivity index (χ4v) is 4.85. The number of hydrogen-bond acceptors (Lipinski definition) is 5. The zero-order chi connectivity index (χ0) is 29.8. The van der Waals surface area contributed by atoms with Crippen LogP contribution >= 0.6 is 0 Å². The van der Waals surface area contributed by atoms with Gasteiger partial charge in [-0.05, 0) is 61.6 Å². The average molecular weight is 554 g/mol. The van der Waals surface area contributed by atoms with E-state index in [4.69, 9.17) is 4.74 Å². The number of carbonyl (C=O) groups is 3. The second-order valence-electron chi connectivity index (χ2n) is 11.4. The van der Waals surface area contributed by atoms with Gasteiger partial charge >= 0.3 is 0 Å². The zero-order valence-electron chi connectivity index (χ0n) is 25.0. The van der Waals surface area contributed by atoms with Crippen LogP contribution in [0.1, 0.15) is 64.2 Å². The van der Waals surface area contributed by atoms with Gasteiger partial charge in [-0.3, -0.25) is 14.4 Å². The molecule has 0 aromatic heterocycles. The van der Waals surface area contributed by atoms with Gasteiger partial charge in [-0.15, -0.1) is 0 Å². The van der Waals surface area contributed by atoms with E-state index in [1.165, 1.54) is 6.92 Å².